The highest BCUT2D eigenvalue weighted by molar-refractivity contribution is 5.81. The minimum Gasteiger partial charge on any atom is -0.446 e. The van der Waals surface area contributed by atoms with Gasteiger partial charge in [0.2, 0.25) is 5.91 Å². The Bertz CT molecular complexity index is 687. The number of rotatable bonds is 3. The lowest BCUT2D eigenvalue weighted by atomic mass is 9.48. The van der Waals surface area contributed by atoms with Crippen molar-refractivity contribution in [3.05, 3.63) is 0 Å². The van der Waals surface area contributed by atoms with Crippen molar-refractivity contribution in [3.8, 4) is 0 Å². The van der Waals surface area contributed by atoms with Gasteiger partial charge in [0.15, 0.2) is 0 Å². The van der Waals surface area contributed by atoms with E-state index in [1.54, 1.807) is 4.90 Å². The summed E-state index contributed by atoms with van der Waals surface area (Å²) >= 11 is 0. The highest BCUT2D eigenvalue weighted by Crippen LogP contribution is 2.60. The van der Waals surface area contributed by atoms with Gasteiger partial charge < -0.3 is 25.4 Å². The second-order valence-corrected chi connectivity index (χ2v) is 10.5. The second-order valence-electron chi connectivity index (χ2n) is 10.5. The van der Waals surface area contributed by atoms with Gasteiger partial charge >= 0.3 is 12.2 Å². The first-order chi connectivity index (χ1) is 13.5. The Kier molecular flexibility index (Phi) is 4.94. The van der Waals surface area contributed by atoms with Crippen LogP contribution in [0.1, 0.15) is 59.3 Å². The molecule has 1 unspecified atom stereocenters. The smallest absolute Gasteiger partial charge is 0.410 e. The monoisotopic (exact) mass is 407 g/mol. The van der Waals surface area contributed by atoms with Crippen LogP contribution in [0.2, 0.25) is 0 Å². The first-order valence-corrected chi connectivity index (χ1v) is 10.8. The molecule has 1 heterocycles. The van der Waals surface area contributed by atoms with Crippen molar-refractivity contribution < 1.29 is 23.9 Å². The van der Waals surface area contributed by atoms with Crippen LogP contribution in [0, 0.1) is 23.2 Å². The topological polar surface area (TPSA) is 111 Å². The van der Waals surface area contributed by atoms with Crippen LogP contribution in [0.15, 0.2) is 0 Å². The summed E-state index contributed by atoms with van der Waals surface area (Å²) < 4.78 is 11.2. The lowest BCUT2D eigenvalue weighted by Crippen LogP contribution is -2.59. The first kappa shape index (κ1) is 20.3. The molecule has 5 aliphatic rings. The van der Waals surface area contributed by atoms with Crippen molar-refractivity contribution in [1.29, 1.82) is 0 Å². The number of alkyl carbamates (subject to hydrolysis) is 1. The normalized spacial score (nSPS) is 38.0. The predicted molar refractivity (Wildman–Crippen MR) is 105 cm³/mol. The molecule has 0 aromatic carbocycles. The van der Waals surface area contributed by atoms with E-state index in [2.05, 4.69) is 5.32 Å². The molecule has 8 heteroatoms. The van der Waals surface area contributed by atoms with E-state index in [0.29, 0.717) is 25.4 Å². The zero-order chi connectivity index (χ0) is 21.0. The van der Waals surface area contributed by atoms with Gasteiger partial charge in [0.05, 0.1) is 11.5 Å². The number of amides is 3. The molecule has 162 valence electrons. The Labute approximate surface area is 171 Å². The highest BCUT2D eigenvalue weighted by atomic mass is 16.6. The first-order valence-electron chi connectivity index (χ1n) is 10.8. The number of nitrogens with zero attached hydrogens (tertiary/aromatic N) is 1. The molecule has 29 heavy (non-hydrogen) atoms. The molecule has 3 N–H and O–H groups in total. The lowest BCUT2D eigenvalue weighted by Gasteiger charge is -2.58. The molecule has 0 radical (unpaired) electrons. The molecule has 4 bridgehead atoms. The van der Waals surface area contributed by atoms with E-state index >= 15 is 0 Å². The average molecular weight is 408 g/mol. The van der Waals surface area contributed by atoms with Crippen LogP contribution >= 0.6 is 0 Å². The molecule has 1 saturated heterocycles. The highest BCUT2D eigenvalue weighted by Gasteiger charge is 2.59. The summed E-state index contributed by atoms with van der Waals surface area (Å²) in [6, 6.07) is -0.131. The standard InChI is InChI=1S/C21H33N3O5/c1-20(2,3)29-18(26)23-15-4-5-24(11-15)19(27)28-16-13-6-12-7-14(16)10-21(8-12,9-13)17(22)25/h12-16H,4-11H2,1-3H3,(H2,22,25)(H,23,26)/t12?,13-,14-,15?,16?,21?/m0/s1. The van der Waals surface area contributed by atoms with Gasteiger partial charge in [-0.05, 0) is 77.0 Å². The summed E-state index contributed by atoms with van der Waals surface area (Å²) in [7, 11) is 0. The summed E-state index contributed by atoms with van der Waals surface area (Å²) in [5, 5.41) is 2.83. The molecule has 8 nitrogen and oxygen atoms in total. The van der Waals surface area contributed by atoms with Crippen LogP contribution in [0.4, 0.5) is 9.59 Å². The zero-order valence-corrected chi connectivity index (χ0v) is 17.6. The number of nitrogens with two attached hydrogens (primary N) is 1. The van der Waals surface area contributed by atoms with E-state index in [0.717, 1.165) is 32.1 Å². The summed E-state index contributed by atoms with van der Waals surface area (Å²) in [5.74, 6) is 0.813. The molecule has 0 aromatic rings. The van der Waals surface area contributed by atoms with E-state index in [4.69, 9.17) is 15.2 Å². The van der Waals surface area contributed by atoms with Crippen LogP contribution < -0.4 is 11.1 Å². The van der Waals surface area contributed by atoms with Gasteiger partial charge in [-0.25, -0.2) is 9.59 Å². The fourth-order valence-corrected chi connectivity index (χ4v) is 6.18. The molecule has 4 aliphatic carbocycles. The molecular weight excluding hydrogens is 374 g/mol. The predicted octanol–water partition coefficient (Wildman–Crippen LogP) is 2.40. The molecule has 5 rings (SSSR count). The van der Waals surface area contributed by atoms with E-state index in [1.165, 1.54) is 0 Å². The van der Waals surface area contributed by atoms with Gasteiger partial charge in [-0.3, -0.25) is 4.79 Å². The molecule has 4 saturated carbocycles. The van der Waals surface area contributed by atoms with Gasteiger partial charge in [0.1, 0.15) is 11.7 Å². The number of likely N-dealkylation sites (tertiary alicyclic amines) is 1. The third kappa shape index (κ3) is 4.03. The van der Waals surface area contributed by atoms with E-state index in [-0.39, 0.29) is 41.4 Å². The fraction of sp³-hybridized carbons (Fsp3) is 0.857. The summed E-state index contributed by atoms with van der Waals surface area (Å²) in [6.45, 7) is 6.43. The molecule has 0 aromatic heterocycles. The number of primary amides is 1. The van der Waals surface area contributed by atoms with Crippen molar-refractivity contribution in [1.82, 2.24) is 10.2 Å². The van der Waals surface area contributed by atoms with Gasteiger partial charge in [-0.2, -0.15) is 0 Å². The molecular formula is C21H33N3O5. The largest absolute Gasteiger partial charge is 0.446 e. The fourth-order valence-electron chi connectivity index (χ4n) is 6.18. The van der Waals surface area contributed by atoms with E-state index < -0.39 is 11.7 Å². The van der Waals surface area contributed by atoms with E-state index in [9.17, 15) is 14.4 Å². The van der Waals surface area contributed by atoms with Crippen molar-refractivity contribution in [2.24, 2.45) is 28.9 Å². The maximum Gasteiger partial charge on any atom is 0.410 e. The van der Waals surface area contributed by atoms with E-state index in [1.807, 2.05) is 20.8 Å². The van der Waals surface area contributed by atoms with Crippen molar-refractivity contribution in [2.45, 2.75) is 77.0 Å². The van der Waals surface area contributed by atoms with Gasteiger partial charge in [-0.1, -0.05) is 0 Å². The maximum absolute atomic E-state index is 12.8. The number of nitrogens with one attached hydrogen (secondary N) is 1. The van der Waals surface area contributed by atoms with Gasteiger partial charge in [-0.15, -0.1) is 0 Å². The number of carbonyl (C=O) groups excluding carboxylic acids is 3. The molecule has 5 fully saturated rings. The quantitative estimate of drug-likeness (QED) is 0.746. The second kappa shape index (κ2) is 7.06. The SMILES string of the molecule is CC(C)(C)OC(=O)NC1CCN(C(=O)OC2[C@H]3CC4C[C@H]2CC(C(N)=O)(C4)C3)C1. The molecule has 1 aliphatic heterocycles. The Hall–Kier alpha value is -1.99. The molecule has 3 atom stereocenters. The van der Waals surface area contributed by atoms with Crippen LogP contribution in [0.3, 0.4) is 0 Å². The Balaban J connectivity index is 1.31. The number of carbonyl (C=O) groups is 3. The van der Waals surface area contributed by atoms with Crippen molar-refractivity contribution in [3.63, 3.8) is 0 Å². The van der Waals surface area contributed by atoms with Crippen LogP contribution in [-0.4, -0.2) is 53.8 Å². The van der Waals surface area contributed by atoms with Gasteiger partial charge in [0, 0.05) is 13.1 Å². The maximum atomic E-state index is 12.8. The Morgan fingerprint density at radius 1 is 1.10 bits per heavy atom. The summed E-state index contributed by atoms with van der Waals surface area (Å²) in [6.07, 6.45) is 4.22. The minimum atomic E-state index is -0.553. The van der Waals surface area contributed by atoms with Crippen molar-refractivity contribution >= 4 is 18.1 Å². The van der Waals surface area contributed by atoms with Gasteiger partial charge in [0.25, 0.3) is 0 Å². The number of ether oxygens (including phenoxy) is 2. The number of hydrogen-bond donors (Lipinski definition) is 2. The summed E-state index contributed by atoms with van der Waals surface area (Å²) in [5.41, 5.74) is 4.80. The summed E-state index contributed by atoms with van der Waals surface area (Å²) in [4.78, 5) is 38.5. The van der Waals surface area contributed by atoms with Crippen LogP contribution in [0.25, 0.3) is 0 Å². The average Bonchev–Trinajstić information content (AvgIpc) is 3.04. The third-order valence-corrected chi connectivity index (χ3v) is 7.11. The lowest BCUT2D eigenvalue weighted by molar-refractivity contribution is -0.161. The van der Waals surface area contributed by atoms with Crippen LogP contribution in [-0.2, 0) is 14.3 Å². The van der Waals surface area contributed by atoms with Crippen molar-refractivity contribution in [2.75, 3.05) is 13.1 Å². The van der Waals surface area contributed by atoms with Crippen LogP contribution in [0.5, 0.6) is 0 Å². The molecule has 3 amide bonds. The Morgan fingerprint density at radius 2 is 1.76 bits per heavy atom. The Morgan fingerprint density at radius 3 is 2.34 bits per heavy atom. The number of hydrogen-bond acceptors (Lipinski definition) is 5. The third-order valence-electron chi connectivity index (χ3n) is 7.11. The minimum absolute atomic E-state index is 0.121. The zero-order valence-electron chi connectivity index (χ0n) is 17.6. The molecule has 0 spiro atoms.